The van der Waals surface area contributed by atoms with Gasteiger partial charge >= 0.3 is 0 Å². The first-order valence-corrected chi connectivity index (χ1v) is 14.6. The molecule has 10 heteroatoms. The normalized spacial score (nSPS) is 17.0. The fourth-order valence-corrected chi connectivity index (χ4v) is 4.96. The van der Waals surface area contributed by atoms with E-state index in [9.17, 15) is 31.6 Å². The fraction of sp³-hybridized carbons (Fsp3) is 0.250. The quantitative estimate of drug-likeness (QED) is 0.348. The van der Waals surface area contributed by atoms with Crippen LogP contribution in [-0.2, 0) is 37.5 Å². The Kier molecular flexibility index (Phi) is 10.5. The highest BCUT2D eigenvalue weighted by Gasteiger charge is 2.28. The number of allylic oxidation sites excluding steroid dienone is 5. The monoisotopic (exact) mass is 592 g/mol. The molecule has 0 spiro atoms. The predicted molar refractivity (Wildman–Crippen MR) is 156 cm³/mol. The molecule has 0 radical (unpaired) electrons. The average Bonchev–Trinajstić information content (AvgIpc) is 2.97. The molecule has 7 nitrogen and oxygen atoms in total. The zero-order valence-corrected chi connectivity index (χ0v) is 23.6. The van der Waals surface area contributed by atoms with Gasteiger partial charge in [-0.15, -0.1) is 0 Å². The Morgan fingerprint density at radius 1 is 0.833 bits per heavy atom. The van der Waals surface area contributed by atoms with E-state index < -0.39 is 10.3 Å². The average molecular weight is 593 g/mol. The maximum atomic E-state index is 13.3. The number of hydrogen-bond acceptors (Lipinski definition) is 5. The molecule has 1 saturated heterocycles. The summed E-state index contributed by atoms with van der Waals surface area (Å²) < 4.78 is 48.6. The van der Waals surface area contributed by atoms with E-state index in [0.717, 1.165) is 11.1 Å². The molecule has 2 amide bonds. The summed E-state index contributed by atoms with van der Waals surface area (Å²) in [5.74, 6) is -1.37. The minimum atomic E-state index is -2.30. The molecule has 0 bridgehead atoms. The number of carbonyl (C=O) groups is 3. The summed E-state index contributed by atoms with van der Waals surface area (Å²) >= 11 is 0. The molecule has 42 heavy (non-hydrogen) atoms. The van der Waals surface area contributed by atoms with Gasteiger partial charge < -0.3 is 10.2 Å². The standard InChI is InChI=1S/C32H30F2N2O5S/c33-26-12-6-22(7-13-26)4-10-24-20-36(21-25(32(24)39)11-5-23-8-14-27(34)15-9-23)31(38)3-1-2-30(37)35-28-16-18-29(19-17-28)42(40)41/h6-18H,1-5,19-21H2,(H,35,37)/b24-10+,25-11+. The van der Waals surface area contributed by atoms with Crippen LogP contribution in [0.5, 0.6) is 0 Å². The number of ketones is 1. The van der Waals surface area contributed by atoms with E-state index in [-0.39, 0.29) is 72.9 Å². The van der Waals surface area contributed by atoms with Crippen molar-refractivity contribution in [1.82, 2.24) is 10.2 Å². The number of nitrogens with one attached hydrogen (secondary N) is 1. The SMILES string of the molecule is O=C(CCCC(=O)N1C/C(=C\Cc2ccc(F)cc2)C(=O)/C(=C/Cc2ccc(F)cc2)C1)NC1=CCC(=S(=O)=O)C=C1. The van der Waals surface area contributed by atoms with Crippen LogP contribution in [0.4, 0.5) is 8.78 Å². The molecule has 0 saturated carbocycles. The number of piperidine rings is 1. The molecule has 0 atom stereocenters. The van der Waals surface area contributed by atoms with E-state index in [1.54, 1.807) is 47.4 Å². The smallest absolute Gasteiger partial charge is 0.224 e. The largest absolute Gasteiger partial charge is 0.334 e. The Bertz CT molecular complexity index is 1540. The molecule has 0 unspecified atom stereocenters. The van der Waals surface area contributed by atoms with Crippen LogP contribution in [0.3, 0.4) is 0 Å². The summed E-state index contributed by atoms with van der Waals surface area (Å²) in [7, 11) is -2.30. The number of likely N-dealkylation sites (tertiary alicyclic amines) is 1. The van der Waals surface area contributed by atoms with Crippen LogP contribution in [0.2, 0.25) is 0 Å². The third kappa shape index (κ3) is 8.78. The predicted octanol–water partition coefficient (Wildman–Crippen LogP) is 4.20. The Morgan fingerprint density at radius 3 is 1.86 bits per heavy atom. The molecule has 2 aromatic rings. The maximum absolute atomic E-state index is 13.3. The maximum Gasteiger partial charge on any atom is 0.224 e. The van der Waals surface area contributed by atoms with Gasteiger partial charge in [0.1, 0.15) is 11.6 Å². The van der Waals surface area contributed by atoms with Crippen LogP contribution >= 0.6 is 0 Å². The van der Waals surface area contributed by atoms with Crippen molar-refractivity contribution in [2.24, 2.45) is 0 Å². The first kappa shape index (κ1) is 30.5. The van der Waals surface area contributed by atoms with E-state index in [1.807, 2.05) is 0 Å². The highest BCUT2D eigenvalue weighted by molar-refractivity contribution is 7.73. The number of rotatable bonds is 9. The summed E-state index contributed by atoms with van der Waals surface area (Å²) in [6, 6.07) is 12.0. The van der Waals surface area contributed by atoms with Crippen molar-refractivity contribution in [2.75, 3.05) is 13.1 Å². The zero-order chi connectivity index (χ0) is 30.1. The molecule has 4 rings (SSSR count). The molecule has 1 aliphatic heterocycles. The Labute approximate surface area is 244 Å². The van der Waals surface area contributed by atoms with Crippen LogP contribution in [0.15, 0.2) is 95.8 Å². The molecular formula is C32H30F2N2O5S. The zero-order valence-electron chi connectivity index (χ0n) is 22.8. The van der Waals surface area contributed by atoms with Crippen LogP contribution < -0.4 is 5.32 Å². The third-order valence-corrected chi connectivity index (χ3v) is 7.65. The topological polar surface area (TPSA) is 101 Å². The summed E-state index contributed by atoms with van der Waals surface area (Å²) in [6.07, 6.45) is 9.53. The van der Waals surface area contributed by atoms with Gasteiger partial charge in [-0.05, 0) is 66.8 Å². The molecule has 1 fully saturated rings. The van der Waals surface area contributed by atoms with Crippen molar-refractivity contribution in [2.45, 2.75) is 38.5 Å². The molecule has 1 N–H and O–H groups in total. The van der Waals surface area contributed by atoms with E-state index in [1.165, 1.54) is 36.4 Å². The first-order valence-electron chi connectivity index (χ1n) is 13.5. The summed E-state index contributed by atoms with van der Waals surface area (Å²) in [5, 5.41) is 2.71. The van der Waals surface area contributed by atoms with Crippen LogP contribution in [0, 0.1) is 11.6 Å². The highest BCUT2D eigenvalue weighted by Crippen LogP contribution is 2.21. The van der Waals surface area contributed by atoms with E-state index >= 15 is 0 Å². The second-order valence-corrected chi connectivity index (χ2v) is 11.0. The van der Waals surface area contributed by atoms with Crippen molar-refractivity contribution >= 4 is 32.8 Å². The fourth-order valence-electron chi connectivity index (χ4n) is 4.56. The summed E-state index contributed by atoms with van der Waals surface area (Å²) in [6.45, 7) is 0.243. The van der Waals surface area contributed by atoms with Crippen molar-refractivity contribution in [3.63, 3.8) is 0 Å². The number of amides is 2. The van der Waals surface area contributed by atoms with Crippen LogP contribution in [-0.4, -0.2) is 48.9 Å². The van der Waals surface area contributed by atoms with Gasteiger partial charge in [0.25, 0.3) is 0 Å². The summed E-state index contributed by atoms with van der Waals surface area (Å²) in [5.41, 5.74) is 3.05. The Balaban J connectivity index is 1.39. The minimum absolute atomic E-state index is 0.0915. The van der Waals surface area contributed by atoms with Gasteiger partial charge in [-0.2, -0.15) is 8.42 Å². The number of carbonyl (C=O) groups excluding carboxylic acids is 3. The van der Waals surface area contributed by atoms with Crippen molar-refractivity contribution in [3.8, 4) is 0 Å². The molecular weight excluding hydrogens is 562 g/mol. The molecule has 218 valence electrons. The molecule has 1 heterocycles. The molecule has 2 aliphatic rings. The Morgan fingerprint density at radius 2 is 1.38 bits per heavy atom. The van der Waals surface area contributed by atoms with Gasteiger partial charge in [-0.1, -0.05) is 42.5 Å². The van der Waals surface area contributed by atoms with Gasteiger partial charge in [-0.3, -0.25) is 14.4 Å². The van der Waals surface area contributed by atoms with Crippen LogP contribution in [0.1, 0.15) is 36.8 Å². The number of Topliss-reactive ketones (excluding diaryl/α,β-unsaturated/α-hetero) is 1. The third-order valence-electron chi connectivity index (χ3n) is 6.92. The highest BCUT2D eigenvalue weighted by atomic mass is 32.2. The lowest BCUT2D eigenvalue weighted by molar-refractivity contribution is -0.131. The second-order valence-electron chi connectivity index (χ2n) is 10.00. The number of hydrogen-bond donors (Lipinski definition) is 1. The van der Waals surface area contributed by atoms with E-state index in [4.69, 9.17) is 0 Å². The van der Waals surface area contributed by atoms with Gasteiger partial charge in [0, 0.05) is 49.2 Å². The summed E-state index contributed by atoms with van der Waals surface area (Å²) in [4.78, 5) is 40.6. The molecule has 1 aliphatic carbocycles. The Hall–Kier alpha value is -4.44. The van der Waals surface area contributed by atoms with E-state index in [0.29, 0.717) is 29.7 Å². The molecule has 0 aromatic heterocycles. The number of benzene rings is 2. The van der Waals surface area contributed by atoms with Gasteiger partial charge in [0.15, 0.2) is 5.78 Å². The van der Waals surface area contributed by atoms with E-state index in [2.05, 4.69) is 5.32 Å². The van der Waals surface area contributed by atoms with Gasteiger partial charge in [0.05, 0.1) is 4.86 Å². The lowest BCUT2D eigenvalue weighted by atomic mass is 9.94. The van der Waals surface area contributed by atoms with Gasteiger partial charge in [0.2, 0.25) is 22.1 Å². The number of halogens is 2. The lowest BCUT2D eigenvalue weighted by Crippen LogP contribution is -2.41. The number of nitrogens with zero attached hydrogens (tertiary/aromatic N) is 1. The minimum Gasteiger partial charge on any atom is -0.334 e. The van der Waals surface area contributed by atoms with Gasteiger partial charge in [-0.25, -0.2) is 8.78 Å². The lowest BCUT2D eigenvalue weighted by Gasteiger charge is -2.30. The van der Waals surface area contributed by atoms with Crippen molar-refractivity contribution in [3.05, 3.63) is 119 Å². The van der Waals surface area contributed by atoms with Crippen molar-refractivity contribution < 1.29 is 31.6 Å². The van der Waals surface area contributed by atoms with Crippen molar-refractivity contribution in [1.29, 1.82) is 0 Å². The van der Waals surface area contributed by atoms with Crippen LogP contribution in [0.25, 0.3) is 0 Å². The molecule has 2 aromatic carbocycles. The second kappa shape index (κ2) is 14.5. The first-order chi connectivity index (χ1) is 20.2.